The van der Waals surface area contributed by atoms with E-state index < -0.39 is 11.7 Å². The van der Waals surface area contributed by atoms with Crippen molar-refractivity contribution < 1.29 is 19.1 Å². The number of rotatable bonds is 5. The lowest BCUT2D eigenvalue weighted by Gasteiger charge is -2.28. The van der Waals surface area contributed by atoms with Crippen LogP contribution in [0.25, 0.3) is 0 Å². The van der Waals surface area contributed by atoms with Crippen LogP contribution in [0.4, 0.5) is 4.79 Å². The first-order valence-corrected chi connectivity index (χ1v) is 9.16. The summed E-state index contributed by atoms with van der Waals surface area (Å²) in [5.41, 5.74) is 2.79. The number of carbonyl (C=O) groups is 2. The maximum atomic E-state index is 12.3. The number of benzene rings is 1. The number of amides is 2. The topological polar surface area (TPSA) is 76.7 Å². The van der Waals surface area contributed by atoms with Crippen LogP contribution in [0.2, 0.25) is 0 Å². The molecule has 26 heavy (non-hydrogen) atoms. The zero-order valence-electron chi connectivity index (χ0n) is 16.4. The van der Waals surface area contributed by atoms with E-state index in [9.17, 15) is 9.59 Å². The molecule has 1 atom stereocenters. The molecule has 2 amide bonds. The summed E-state index contributed by atoms with van der Waals surface area (Å²) in [5, 5.41) is 5.76. The quantitative estimate of drug-likeness (QED) is 0.786. The minimum Gasteiger partial charge on any atom is -0.493 e. The fourth-order valence-electron chi connectivity index (χ4n) is 3.05. The average molecular weight is 362 g/mol. The smallest absolute Gasteiger partial charge is 0.407 e. The third-order valence-electron chi connectivity index (χ3n) is 4.06. The highest BCUT2D eigenvalue weighted by molar-refractivity contribution is 5.76. The van der Waals surface area contributed by atoms with Crippen molar-refractivity contribution in [2.75, 3.05) is 13.2 Å². The zero-order chi connectivity index (χ0) is 19.3. The van der Waals surface area contributed by atoms with Gasteiger partial charge in [0.15, 0.2) is 0 Å². The molecule has 1 aromatic rings. The Kier molecular flexibility index (Phi) is 6.51. The molecular formula is C20H30N2O4. The molecule has 0 aromatic heterocycles. The first-order valence-electron chi connectivity index (χ1n) is 9.16. The Morgan fingerprint density at radius 2 is 2.00 bits per heavy atom. The standard InChI is InChI=1S/C20H30N2O4/c1-13-11-14(2)18-15(12-13)16(8-10-25-18)22-17(23)7-6-9-21-19(24)26-20(3,4)5/h11-12,16H,6-10H2,1-5H3,(H,21,24)(H,22,23). The van der Waals surface area contributed by atoms with Gasteiger partial charge in [-0.3, -0.25) is 4.79 Å². The maximum absolute atomic E-state index is 12.3. The van der Waals surface area contributed by atoms with E-state index in [2.05, 4.69) is 22.8 Å². The van der Waals surface area contributed by atoms with Gasteiger partial charge in [-0.15, -0.1) is 0 Å². The lowest BCUT2D eigenvalue weighted by molar-refractivity contribution is -0.122. The van der Waals surface area contributed by atoms with Crippen LogP contribution in [0.3, 0.4) is 0 Å². The van der Waals surface area contributed by atoms with E-state index in [1.54, 1.807) is 0 Å². The molecule has 1 heterocycles. The van der Waals surface area contributed by atoms with Crippen LogP contribution < -0.4 is 15.4 Å². The van der Waals surface area contributed by atoms with Crippen LogP contribution in [0.5, 0.6) is 5.75 Å². The van der Waals surface area contributed by atoms with Crippen molar-refractivity contribution in [1.82, 2.24) is 10.6 Å². The van der Waals surface area contributed by atoms with E-state index >= 15 is 0 Å². The molecule has 0 saturated carbocycles. The molecule has 0 saturated heterocycles. The van der Waals surface area contributed by atoms with Crippen LogP contribution in [0, 0.1) is 13.8 Å². The fourth-order valence-corrected chi connectivity index (χ4v) is 3.05. The van der Waals surface area contributed by atoms with Crippen LogP contribution in [-0.4, -0.2) is 30.8 Å². The number of alkyl carbamates (subject to hydrolysis) is 1. The molecule has 6 heteroatoms. The highest BCUT2D eigenvalue weighted by atomic mass is 16.6. The van der Waals surface area contributed by atoms with Gasteiger partial charge in [-0.1, -0.05) is 17.7 Å². The predicted molar refractivity (Wildman–Crippen MR) is 100 cm³/mol. The summed E-state index contributed by atoms with van der Waals surface area (Å²) in [6.07, 6.45) is 1.22. The summed E-state index contributed by atoms with van der Waals surface area (Å²) in [4.78, 5) is 23.8. The zero-order valence-corrected chi connectivity index (χ0v) is 16.4. The minimum atomic E-state index is -0.520. The van der Waals surface area contributed by atoms with E-state index in [0.29, 0.717) is 26.0 Å². The van der Waals surface area contributed by atoms with Crippen molar-refractivity contribution in [3.8, 4) is 5.75 Å². The second kappa shape index (κ2) is 8.43. The highest BCUT2D eigenvalue weighted by Gasteiger charge is 2.24. The van der Waals surface area contributed by atoms with Gasteiger partial charge in [0.05, 0.1) is 12.6 Å². The van der Waals surface area contributed by atoms with Crippen molar-refractivity contribution in [2.24, 2.45) is 0 Å². The predicted octanol–water partition coefficient (Wildman–Crippen LogP) is 3.55. The van der Waals surface area contributed by atoms with E-state index in [4.69, 9.17) is 9.47 Å². The van der Waals surface area contributed by atoms with Crippen LogP contribution in [0.15, 0.2) is 12.1 Å². The van der Waals surface area contributed by atoms with Crippen LogP contribution in [-0.2, 0) is 9.53 Å². The number of fused-ring (bicyclic) bond motifs is 1. The highest BCUT2D eigenvalue weighted by Crippen LogP contribution is 2.35. The summed E-state index contributed by atoms with van der Waals surface area (Å²) in [6.45, 7) is 10.5. The number of hydrogen-bond acceptors (Lipinski definition) is 4. The van der Waals surface area contributed by atoms with E-state index in [1.807, 2.05) is 34.6 Å². The summed E-state index contributed by atoms with van der Waals surface area (Å²) in [7, 11) is 0. The Labute approximate surface area is 155 Å². The van der Waals surface area contributed by atoms with Gasteiger partial charge in [0.2, 0.25) is 5.91 Å². The van der Waals surface area contributed by atoms with E-state index in [0.717, 1.165) is 28.9 Å². The number of ether oxygens (including phenoxy) is 2. The van der Waals surface area contributed by atoms with Crippen molar-refractivity contribution in [3.05, 3.63) is 28.8 Å². The Morgan fingerprint density at radius 3 is 2.69 bits per heavy atom. The molecule has 0 fully saturated rings. The largest absolute Gasteiger partial charge is 0.493 e. The number of aryl methyl sites for hydroxylation is 2. The monoisotopic (exact) mass is 362 g/mol. The fraction of sp³-hybridized carbons (Fsp3) is 0.600. The van der Waals surface area contributed by atoms with Gasteiger partial charge in [0.1, 0.15) is 11.4 Å². The molecule has 2 N–H and O–H groups in total. The maximum Gasteiger partial charge on any atom is 0.407 e. The third kappa shape index (κ3) is 5.93. The molecule has 1 aliphatic heterocycles. The van der Waals surface area contributed by atoms with Crippen molar-refractivity contribution >= 4 is 12.0 Å². The summed E-state index contributed by atoms with van der Waals surface area (Å²) in [6, 6.07) is 4.14. The van der Waals surface area contributed by atoms with Crippen molar-refractivity contribution in [3.63, 3.8) is 0 Å². The Balaban J connectivity index is 1.80. The van der Waals surface area contributed by atoms with Gasteiger partial charge < -0.3 is 20.1 Å². The average Bonchev–Trinajstić information content (AvgIpc) is 2.50. The van der Waals surface area contributed by atoms with Crippen molar-refractivity contribution in [2.45, 2.75) is 65.5 Å². The molecule has 0 bridgehead atoms. The molecule has 144 valence electrons. The van der Waals surface area contributed by atoms with Gasteiger partial charge in [-0.2, -0.15) is 0 Å². The van der Waals surface area contributed by atoms with Gasteiger partial charge in [-0.25, -0.2) is 4.79 Å². The van der Waals surface area contributed by atoms with Gasteiger partial charge in [0, 0.05) is 24.9 Å². The summed E-state index contributed by atoms with van der Waals surface area (Å²) >= 11 is 0. The number of nitrogens with one attached hydrogen (secondary N) is 2. The Morgan fingerprint density at radius 1 is 1.27 bits per heavy atom. The van der Waals surface area contributed by atoms with E-state index in [1.165, 1.54) is 0 Å². The molecule has 1 aliphatic rings. The molecule has 0 radical (unpaired) electrons. The van der Waals surface area contributed by atoms with Gasteiger partial charge >= 0.3 is 6.09 Å². The Hall–Kier alpha value is -2.24. The van der Waals surface area contributed by atoms with Gasteiger partial charge in [-0.05, 0) is 46.6 Å². The number of carbonyl (C=O) groups excluding carboxylic acids is 2. The third-order valence-corrected chi connectivity index (χ3v) is 4.06. The molecule has 6 nitrogen and oxygen atoms in total. The second-order valence-electron chi connectivity index (χ2n) is 7.79. The summed E-state index contributed by atoms with van der Waals surface area (Å²) < 4.78 is 10.9. The SMILES string of the molecule is Cc1cc(C)c2c(c1)C(NC(=O)CCCNC(=O)OC(C)(C)C)CCO2. The first kappa shape index (κ1) is 20.1. The summed E-state index contributed by atoms with van der Waals surface area (Å²) in [5.74, 6) is 0.867. The van der Waals surface area contributed by atoms with Crippen LogP contribution >= 0.6 is 0 Å². The molecule has 1 unspecified atom stereocenters. The second-order valence-corrected chi connectivity index (χ2v) is 7.79. The van der Waals surface area contributed by atoms with Gasteiger partial charge in [0.25, 0.3) is 0 Å². The first-order chi connectivity index (χ1) is 12.2. The lowest BCUT2D eigenvalue weighted by Crippen LogP contribution is -2.34. The minimum absolute atomic E-state index is 0.0204. The normalized spacial score (nSPS) is 16.3. The Bertz CT molecular complexity index is 665. The molecular weight excluding hydrogens is 332 g/mol. The van der Waals surface area contributed by atoms with Crippen LogP contribution in [0.1, 0.15) is 62.8 Å². The molecule has 2 rings (SSSR count). The molecule has 0 spiro atoms. The molecule has 1 aromatic carbocycles. The number of hydrogen-bond donors (Lipinski definition) is 2. The van der Waals surface area contributed by atoms with Crippen molar-refractivity contribution in [1.29, 1.82) is 0 Å². The van der Waals surface area contributed by atoms with E-state index in [-0.39, 0.29) is 11.9 Å². The lowest BCUT2D eigenvalue weighted by atomic mass is 9.95. The molecule has 0 aliphatic carbocycles.